The van der Waals surface area contributed by atoms with Crippen molar-refractivity contribution in [1.82, 2.24) is 15.9 Å². The number of benzene rings is 2. The molecule has 5 nitrogen and oxygen atoms in total. The second kappa shape index (κ2) is 6.22. The summed E-state index contributed by atoms with van der Waals surface area (Å²) in [7, 11) is 0. The summed E-state index contributed by atoms with van der Waals surface area (Å²) >= 11 is 1.78. The summed E-state index contributed by atoms with van der Waals surface area (Å²) in [5.74, 6) is 0.837. The van der Waals surface area contributed by atoms with Crippen LogP contribution < -0.4 is 15.9 Å². The Morgan fingerprint density at radius 3 is 2.25 bits per heavy atom. The first-order valence-corrected chi connectivity index (χ1v) is 8.76. The Hall–Kier alpha value is -2.44. The minimum atomic E-state index is 0.0511. The molecule has 0 saturated heterocycles. The fourth-order valence-electron chi connectivity index (χ4n) is 2.62. The Balaban J connectivity index is 1.66. The van der Waals surface area contributed by atoms with E-state index in [0.717, 1.165) is 17.1 Å². The molecule has 2 aromatic rings. The fourth-order valence-corrected chi connectivity index (χ4v) is 3.67. The number of rotatable bonds is 3. The molecule has 24 heavy (non-hydrogen) atoms. The standard InChI is InChI=1S/C18H19N5S/c1-13-14(2)24-18(19-13)23-21-17(15-9-5-3-6-10-15)20-22(23)16-11-7-4-8-12-16/h3-12,18-19H,1-2H3,(H,20,21). The molecule has 2 aliphatic heterocycles. The topological polar surface area (TPSA) is 42.9 Å². The number of nitrogens with one attached hydrogen (secondary N) is 2. The van der Waals surface area contributed by atoms with Crippen molar-refractivity contribution in [2.45, 2.75) is 19.3 Å². The van der Waals surface area contributed by atoms with Crippen LogP contribution in [-0.4, -0.2) is 16.5 Å². The molecule has 6 heteroatoms. The van der Waals surface area contributed by atoms with Crippen LogP contribution in [0.25, 0.3) is 0 Å². The molecular formula is C18H19N5S. The van der Waals surface area contributed by atoms with Gasteiger partial charge in [-0.2, -0.15) is 5.12 Å². The van der Waals surface area contributed by atoms with E-state index in [9.17, 15) is 0 Å². The number of amidine groups is 1. The van der Waals surface area contributed by atoms with Gasteiger partial charge < -0.3 is 5.32 Å². The monoisotopic (exact) mass is 337 g/mol. The van der Waals surface area contributed by atoms with Gasteiger partial charge in [-0.25, -0.2) is 0 Å². The Labute approximate surface area is 146 Å². The molecule has 2 aliphatic rings. The van der Waals surface area contributed by atoms with Crippen molar-refractivity contribution in [1.29, 1.82) is 0 Å². The number of hydrogen-bond donors (Lipinski definition) is 2. The number of nitrogens with zero attached hydrogens (tertiary/aromatic N) is 3. The average Bonchev–Trinajstić information content (AvgIpc) is 3.21. The molecule has 4 rings (SSSR count). The van der Waals surface area contributed by atoms with Gasteiger partial charge in [-0.05, 0) is 26.0 Å². The van der Waals surface area contributed by atoms with E-state index in [1.54, 1.807) is 11.8 Å². The molecule has 0 saturated carbocycles. The molecule has 0 radical (unpaired) electrons. The quantitative estimate of drug-likeness (QED) is 0.898. The van der Waals surface area contributed by atoms with Crippen LogP contribution in [0.4, 0.5) is 5.69 Å². The summed E-state index contributed by atoms with van der Waals surface area (Å²) in [5.41, 5.74) is 6.77. The number of hydrazone groups is 1. The largest absolute Gasteiger partial charge is 0.361 e. The van der Waals surface area contributed by atoms with Gasteiger partial charge in [0.2, 0.25) is 0 Å². The summed E-state index contributed by atoms with van der Waals surface area (Å²) in [6.45, 7) is 4.24. The highest BCUT2D eigenvalue weighted by Gasteiger charge is 2.35. The van der Waals surface area contributed by atoms with Crippen LogP contribution in [0.15, 0.2) is 76.4 Å². The minimum Gasteiger partial charge on any atom is -0.361 e. The third kappa shape index (κ3) is 2.74. The second-order valence-electron chi connectivity index (χ2n) is 5.69. The average molecular weight is 337 g/mol. The first-order chi connectivity index (χ1) is 11.7. The predicted octanol–water partition coefficient (Wildman–Crippen LogP) is 3.46. The predicted molar refractivity (Wildman–Crippen MR) is 99.8 cm³/mol. The summed E-state index contributed by atoms with van der Waals surface area (Å²) in [4.78, 5) is 1.29. The van der Waals surface area contributed by atoms with Crippen LogP contribution in [0, 0.1) is 0 Å². The fraction of sp³-hybridized carbons (Fsp3) is 0.167. The molecule has 2 aromatic carbocycles. The molecule has 2 heterocycles. The lowest BCUT2D eigenvalue weighted by atomic mass is 10.2. The molecule has 0 aromatic heterocycles. The molecule has 0 spiro atoms. The number of anilines is 1. The molecule has 0 aliphatic carbocycles. The molecule has 1 unspecified atom stereocenters. The Morgan fingerprint density at radius 2 is 1.62 bits per heavy atom. The zero-order valence-electron chi connectivity index (χ0n) is 13.6. The number of thioether (sulfide) groups is 1. The summed E-state index contributed by atoms with van der Waals surface area (Å²) in [6, 6.07) is 20.3. The molecule has 122 valence electrons. The Kier molecular flexibility index (Phi) is 3.92. The lowest BCUT2D eigenvalue weighted by Crippen LogP contribution is -2.53. The van der Waals surface area contributed by atoms with Crippen molar-refractivity contribution in [2.24, 2.45) is 5.10 Å². The molecule has 0 fully saturated rings. The van der Waals surface area contributed by atoms with E-state index >= 15 is 0 Å². The van der Waals surface area contributed by atoms with E-state index < -0.39 is 0 Å². The van der Waals surface area contributed by atoms with E-state index in [1.165, 1.54) is 10.6 Å². The van der Waals surface area contributed by atoms with Crippen molar-refractivity contribution in [3.05, 3.63) is 76.8 Å². The van der Waals surface area contributed by atoms with E-state index in [2.05, 4.69) is 48.9 Å². The summed E-state index contributed by atoms with van der Waals surface area (Å²) in [6.07, 6.45) is 0. The summed E-state index contributed by atoms with van der Waals surface area (Å²) in [5, 5.41) is 12.3. The van der Waals surface area contributed by atoms with Crippen molar-refractivity contribution in [2.75, 3.05) is 5.12 Å². The zero-order valence-corrected chi connectivity index (χ0v) is 14.4. The highest BCUT2D eigenvalue weighted by molar-refractivity contribution is 8.03. The lowest BCUT2D eigenvalue weighted by Gasteiger charge is -2.31. The van der Waals surface area contributed by atoms with Gasteiger partial charge >= 0.3 is 0 Å². The molecule has 1 atom stereocenters. The van der Waals surface area contributed by atoms with Gasteiger partial charge in [0.15, 0.2) is 11.3 Å². The van der Waals surface area contributed by atoms with E-state index in [-0.39, 0.29) is 5.50 Å². The van der Waals surface area contributed by atoms with Crippen LogP contribution in [0.3, 0.4) is 0 Å². The van der Waals surface area contributed by atoms with Crippen LogP contribution in [0.1, 0.15) is 19.4 Å². The van der Waals surface area contributed by atoms with Gasteiger partial charge in [-0.1, -0.05) is 65.4 Å². The van der Waals surface area contributed by atoms with Crippen molar-refractivity contribution in [3.8, 4) is 0 Å². The van der Waals surface area contributed by atoms with Crippen LogP contribution in [0.5, 0.6) is 0 Å². The Bertz CT molecular complexity index is 774. The van der Waals surface area contributed by atoms with Crippen LogP contribution in [-0.2, 0) is 0 Å². The van der Waals surface area contributed by atoms with E-state index in [0.29, 0.717) is 0 Å². The molecule has 2 N–H and O–H groups in total. The maximum atomic E-state index is 4.80. The first-order valence-electron chi connectivity index (χ1n) is 7.88. The number of para-hydroxylation sites is 1. The van der Waals surface area contributed by atoms with Gasteiger partial charge in [0.1, 0.15) is 0 Å². The van der Waals surface area contributed by atoms with E-state index in [4.69, 9.17) is 5.10 Å². The third-order valence-corrected chi connectivity index (χ3v) is 5.23. The van der Waals surface area contributed by atoms with Crippen LogP contribution in [0.2, 0.25) is 0 Å². The molecule has 0 bridgehead atoms. The highest BCUT2D eigenvalue weighted by Crippen LogP contribution is 2.34. The minimum absolute atomic E-state index is 0.0511. The van der Waals surface area contributed by atoms with Crippen molar-refractivity contribution < 1.29 is 0 Å². The lowest BCUT2D eigenvalue weighted by molar-refractivity contribution is 0.204. The van der Waals surface area contributed by atoms with Crippen molar-refractivity contribution in [3.63, 3.8) is 0 Å². The zero-order chi connectivity index (χ0) is 16.5. The summed E-state index contributed by atoms with van der Waals surface area (Å²) < 4.78 is 0. The van der Waals surface area contributed by atoms with Gasteiger partial charge in [-0.3, -0.25) is 5.43 Å². The maximum Gasteiger partial charge on any atom is 0.171 e. The van der Waals surface area contributed by atoms with Gasteiger partial charge in [-0.15, -0.1) is 5.10 Å². The van der Waals surface area contributed by atoms with Gasteiger partial charge in [0.05, 0.1) is 5.69 Å². The van der Waals surface area contributed by atoms with E-state index in [1.807, 2.05) is 46.6 Å². The van der Waals surface area contributed by atoms with Gasteiger partial charge in [0, 0.05) is 16.2 Å². The second-order valence-corrected chi connectivity index (χ2v) is 6.99. The third-order valence-electron chi connectivity index (χ3n) is 4.03. The van der Waals surface area contributed by atoms with Crippen molar-refractivity contribution >= 4 is 23.3 Å². The number of hydrogen-bond acceptors (Lipinski definition) is 6. The SMILES string of the molecule is CC1=C(C)SC(N2NC(c3ccccc3)=NN2c2ccccc2)N1. The maximum absolute atomic E-state index is 4.80. The first kappa shape index (κ1) is 15.1. The highest BCUT2D eigenvalue weighted by atomic mass is 32.2. The Morgan fingerprint density at radius 1 is 0.958 bits per heavy atom. The molecular weight excluding hydrogens is 318 g/mol. The normalized spacial score (nSPS) is 20.8. The van der Waals surface area contributed by atoms with Gasteiger partial charge in [0.25, 0.3) is 0 Å². The number of hydrazine groups is 2. The molecule has 0 amide bonds. The van der Waals surface area contributed by atoms with Crippen LogP contribution >= 0.6 is 11.8 Å². The number of allylic oxidation sites excluding steroid dienone is 2. The smallest absolute Gasteiger partial charge is 0.171 e.